The number of aryl methyl sites for hydroxylation is 1. The largest absolute Gasteiger partial charge is 0.326 e. The quantitative estimate of drug-likeness (QED) is 0.811. The summed E-state index contributed by atoms with van der Waals surface area (Å²) < 4.78 is 0. The molecule has 1 aliphatic rings. The number of nitrogens with one attached hydrogen (secondary N) is 2. The number of hydrogen-bond donors (Lipinski definition) is 3. The number of benzene rings is 1. The maximum absolute atomic E-state index is 12.5. The highest BCUT2D eigenvalue weighted by molar-refractivity contribution is 5.93. The number of nitrogens with two attached hydrogens (primary N) is 1. The molecule has 2 aromatic rings. The average Bonchev–Trinajstić information content (AvgIpc) is 2.94. The van der Waals surface area contributed by atoms with E-state index in [-0.39, 0.29) is 11.8 Å². The van der Waals surface area contributed by atoms with Gasteiger partial charge in [0.05, 0.1) is 5.92 Å². The van der Waals surface area contributed by atoms with Crippen LogP contribution < -0.4 is 11.1 Å². The fourth-order valence-corrected chi connectivity index (χ4v) is 3.19. The van der Waals surface area contributed by atoms with Gasteiger partial charge in [0.15, 0.2) is 5.82 Å². The van der Waals surface area contributed by atoms with Crippen molar-refractivity contribution in [1.82, 2.24) is 15.2 Å². The average molecular weight is 313 g/mol. The van der Waals surface area contributed by atoms with Crippen LogP contribution in [-0.4, -0.2) is 26.6 Å². The molecule has 2 atom stereocenters. The Labute approximate surface area is 135 Å². The van der Waals surface area contributed by atoms with E-state index < -0.39 is 5.54 Å². The SMILES string of the molecule is Cc1nc(-c2ccc(NC(=O)C3CCCCC3(C)N)cc2)n[nH]1. The minimum atomic E-state index is -0.418. The summed E-state index contributed by atoms with van der Waals surface area (Å²) in [5, 5.41) is 9.93. The van der Waals surface area contributed by atoms with Crippen molar-refractivity contribution in [3.8, 4) is 11.4 Å². The van der Waals surface area contributed by atoms with E-state index in [1.165, 1.54) is 0 Å². The predicted molar refractivity (Wildman–Crippen MR) is 89.7 cm³/mol. The lowest BCUT2D eigenvalue weighted by Gasteiger charge is -2.37. The van der Waals surface area contributed by atoms with Crippen LogP contribution in [0.3, 0.4) is 0 Å². The first kappa shape index (κ1) is 15.7. The topological polar surface area (TPSA) is 96.7 Å². The van der Waals surface area contributed by atoms with Gasteiger partial charge in [0.2, 0.25) is 5.91 Å². The molecule has 1 amide bonds. The summed E-state index contributed by atoms with van der Waals surface area (Å²) >= 11 is 0. The lowest BCUT2D eigenvalue weighted by atomic mass is 9.74. The van der Waals surface area contributed by atoms with Gasteiger partial charge in [-0.15, -0.1) is 0 Å². The summed E-state index contributed by atoms with van der Waals surface area (Å²) in [6.07, 6.45) is 3.91. The Bertz CT molecular complexity index is 689. The highest BCUT2D eigenvalue weighted by Crippen LogP contribution is 2.32. The second kappa shape index (κ2) is 6.12. The van der Waals surface area contributed by atoms with Gasteiger partial charge in [0.25, 0.3) is 0 Å². The Balaban J connectivity index is 1.69. The molecule has 23 heavy (non-hydrogen) atoms. The van der Waals surface area contributed by atoms with E-state index in [4.69, 9.17) is 5.73 Å². The third-order valence-corrected chi connectivity index (χ3v) is 4.58. The Morgan fingerprint density at radius 1 is 1.35 bits per heavy atom. The second-order valence-electron chi connectivity index (χ2n) is 6.62. The van der Waals surface area contributed by atoms with E-state index >= 15 is 0 Å². The predicted octanol–water partition coefficient (Wildman–Crippen LogP) is 2.63. The number of rotatable bonds is 3. The van der Waals surface area contributed by atoms with Crippen molar-refractivity contribution in [2.24, 2.45) is 11.7 Å². The van der Waals surface area contributed by atoms with E-state index in [9.17, 15) is 4.79 Å². The van der Waals surface area contributed by atoms with Gasteiger partial charge in [-0.1, -0.05) is 12.8 Å². The van der Waals surface area contributed by atoms with Gasteiger partial charge < -0.3 is 11.1 Å². The van der Waals surface area contributed by atoms with Crippen LogP contribution in [0.5, 0.6) is 0 Å². The number of hydrogen-bond acceptors (Lipinski definition) is 4. The van der Waals surface area contributed by atoms with Crippen LogP contribution in [0.1, 0.15) is 38.4 Å². The highest BCUT2D eigenvalue weighted by Gasteiger charge is 2.37. The first-order valence-electron chi connectivity index (χ1n) is 8.05. The van der Waals surface area contributed by atoms with Crippen LogP contribution in [0.2, 0.25) is 0 Å². The molecule has 4 N–H and O–H groups in total. The van der Waals surface area contributed by atoms with E-state index in [0.29, 0.717) is 5.82 Å². The second-order valence-corrected chi connectivity index (χ2v) is 6.62. The van der Waals surface area contributed by atoms with Gasteiger partial charge in [-0.2, -0.15) is 5.10 Å². The molecule has 122 valence electrons. The molecule has 0 radical (unpaired) electrons. The number of aromatic nitrogens is 3. The Hall–Kier alpha value is -2.21. The maximum atomic E-state index is 12.5. The number of carbonyl (C=O) groups excluding carboxylic acids is 1. The van der Waals surface area contributed by atoms with Crippen LogP contribution in [0.4, 0.5) is 5.69 Å². The van der Waals surface area contributed by atoms with Crippen molar-refractivity contribution in [2.75, 3.05) is 5.32 Å². The first-order chi connectivity index (χ1) is 11.0. The van der Waals surface area contributed by atoms with Crippen molar-refractivity contribution in [3.05, 3.63) is 30.1 Å². The summed E-state index contributed by atoms with van der Waals surface area (Å²) in [6.45, 7) is 3.84. The van der Waals surface area contributed by atoms with Gasteiger partial charge in [-0.25, -0.2) is 4.98 Å². The van der Waals surface area contributed by atoms with Gasteiger partial charge in [0, 0.05) is 16.8 Å². The summed E-state index contributed by atoms with van der Waals surface area (Å²) in [4.78, 5) is 16.8. The molecule has 6 nitrogen and oxygen atoms in total. The van der Waals surface area contributed by atoms with E-state index in [0.717, 1.165) is 42.8 Å². The fourth-order valence-electron chi connectivity index (χ4n) is 3.19. The Kier molecular flexibility index (Phi) is 4.17. The molecule has 0 spiro atoms. The molecule has 1 heterocycles. The van der Waals surface area contributed by atoms with Crippen molar-refractivity contribution in [2.45, 2.75) is 45.1 Å². The summed E-state index contributed by atoms with van der Waals surface area (Å²) in [5.74, 6) is 1.31. The lowest BCUT2D eigenvalue weighted by molar-refractivity contribution is -0.122. The van der Waals surface area contributed by atoms with Crippen LogP contribution >= 0.6 is 0 Å². The molecule has 0 saturated heterocycles. The van der Waals surface area contributed by atoms with E-state index in [1.54, 1.807) is 0 Å². The highest BCUT2D eigenvalue weighted by atomic mass is 16.1. The molecule has 3 rings (SSSR count). The third-order valence-electron chi connectivity index (χ3n) is 4.58. The standard InChI is InChI=1S/C17H23N5O/c1-11-19-15(22-21-11)12-6-8-13(9-7-12)20-16(23)14-5-3-4-10-17(14,2)18/h6-9,14H,3-5,10,18H2,1-2H3,(H,20,23)(H,19,21,22). The summed E-state index contributed by atoms with van der Waals surface area (Å²) in [7, 11) is 0. The maximum Gasteiger partial charge on any atom is 0.229 e. The molecule has 1 aromatic heterocycles. The minimum Gasteiger partial charge on any atom is -0.326 e. The zero-order valence-electron chi connectivity index (χ0n) is 13.6. The zero-order valence-corrected chi connectivity index (χ0v) is 13.6. The van der Waals surface area contributed by atoms with Crippen LogP contribution in [0, 0.1) is 12.8 Å². The lowest BCUT2D eigenvalue weighted by Crippen LogP contribution is -2.51. The van der Waals surface area contributed by atoms with Crippen LogP contribution in [-0.2, 0) is 4.79 Å². The van der Waals surface area contributed by atoms with E-state index in [1.807, 2.05) is 38.1 Å². The number of nitrogens with zero attached hydrogens (tertiary/aromatic N) is 2. The molecule has 1 fully saturated rings. The number of amides is 1. The normalized spacial score (nSPS) is 24.4. The molecule has 1 saturated carbocycles. The zero-order chi connectivity index (χ0) is 16.4. The molecular weight excluding hydrogens is 290 g/mol. The number of anilines is 1. The minimum absolute atomic E-state index is 0.0104. The molecule has 2 unspecified atom stereocenters. The Morgan fingerprint density at radius 2 is 2.09 bits per heavy atom. The van der Waals surface area contributed by atoms with Crippen LogP contribution in [0.25, 0.3) is 11.4 Å². The molecule has 1 aromatic carbocycles. The van der Waals surface area contributed by atoms with Crippen molar-refractivity contribution >= 4 is 11.6 Å². The smallest absolute Gasteiger partial charge is 0.229 e. The van der Waals surface area contributed by atoms with Crippen molar-refractivity contribution in [3.63, 3.8) is 0 Å². The van der Waals surface area contributed by atoms with E-state index in [2.05, 4.69) is 20.5 Å². The fraction of sp³-hybridized carbons (Fsp3) is 0.471. The molecule has 6 heteroatoms. The van der Waals surface area contributed by atoms with Gasteiger partial charge >= 0.3 is 0 Å². The summed E-state index contributed by atoms with van der Waals surface area (Å²) in [6, 6.07) is 7.55. The van der Waals surface area contributed by atoms with Gasteiger partial charge in [-0.05, 0) is 51.0 Å². The molecule has 0 aliphatic heterocycles. The summed E-state index contributed by atoms with van der Waals surface area (Å²) in [5.41, 5.74) is 7.56. The van der Waals surface area contributed by atoms with Gasteiger partial charge in [-0.3, -0.25) is 9.89 Å². The molecule has 1 aliphatic carbocycles. The van der Waals surface area contributed by atoms with Gasteiger partial charge in [0.1, 0.15) is 5.82 Å². The number of aromatic amines is 1. The monoisotopic (exact) mass is 313 g/mol. The first-order valence-corrected chi connectivity index (χ1v) is 8.05. The molecular formula is C17H23N5O. The van der Waals surface area contributed by atoms with Crippen LogP contribution in [0.15, 0.2) is 24.3 Å². The van der Waals surface area contributed by atoms with Crippen molar-refractivity contribution < 1.29 is 4.79 Å². The van der Waals surface area contributed by atoms with Crippen molar-refractivity contribution in [1.29, 1.82) is 0 Å². The Morgan fingerprint density at radius 3 is 2.70 bits per heavy atom. The number of carbonyl (C=O) groups is 1. The third kappa shape index (κ3) is 3.42. The number of H-pyrrole nitrogens is 1. The molecule has 0 bridgehead atoms.